The molecule has 1 unspecified atom stereocenters. The molecule has 2 rings (SSSR count). The molecule has 0 spiro atoms. The fourth-order valence-corrected chi connectivity index (χ4v) is 2.54. The van der Waals surface area contributed by atoms with Crippen molar-refractivity contribution in [2.75, 3.05) is 12.0 Å². The normalized spacial score (nSPS) is 11.6. The van der Waals surface area contributed by atoms with E-state index in [1.807, 2.05) is 49.4 Å². The van der Waals surface area contributed by atoms with Gasteiger partial charge in [-0.25, -0.2) is 4.79 Å². The smallest absolute Gasteiger partial charge is 0.333 e. The molecule has 0 fully saturated rings. The Morgan fingerprint density at radius 2 is 1.92 bits per heavy atom. The Morgan fingerprint density at radius 1 is 1.17 bits per heavy atom. The highest BCUT2D eigenvalue weighted by atomic mass is 35.5. The van der Waals surface area contributed by atoms with Crippen molar-refractivity contribution in [3.8, 4) is 0 Å². The molecule has 0 aromatic heterocycles. The van der Waals surface area contributed by atoms with Crippen molar-refractivity contribution in [3.63, 3.8) is 0 Å². The summed E-state index contributed by atoms with van der Waals surface area (Å²) < 4.78 is 0. The molecular weight excluding hydrogens is 326 g/mol. The zero-order chi connectivity index (χ0) is 17.4. The van der Waals surface area contributed by atoms with E-state index in [0.29, 0.717) is 17.9 Å². The number of aliphatic hydroxyl groups excluding tert-OH is 1. The molecule has 0 bridgehead atoms. The van der Waals surface area contributed by atoms with Gasteiger partial charge in [0.2, 0.25) is 0 Å². The molecule has 0 heterocycles. The summed E-state index contributed by atoms with van der Waals surface area (Å²) in [5.41, 5.74) is 8.09. The van der Waals surface area contributed by atoms with Crippen LogP contribution in [0.1, 0.15) is 30.0 Å². The van der Waals surface area contributed by atoms with Gasteiger partial charge in [-0.1, -0.05) is 48.0 Å². The number of rotatable bonds is 7. The second kappa shape index (κ2) is 9.15. The van der Waals surface area contributed by atoms with Crippen LogP contribution in [-0.2, 0) is 0 Å². The molecule has 2 aromatic rings. The summed E-state index contributed by atoms with van der Waals surface area (Å²) in [6, 6.07) is 14.6. The van der Waals surface area contributed by atoms with E-state index < -0.39 is 0 Å². The van der Waals surface area contributed by atoms with Gasteiger partial charge in [0.05, 0.1) is 11.7 Å². The van der Waals surface area contributed by atoms with Gasteiger partial charge in [0.15, 0.2) is 0 Å². The zero-order valence-electron chi connectivity index (χ0n) is 13.6. The summed E-state index contributed by atoms with van der Waals surface area (Å²) in [4.78, 5) is 12.2. The molecule has 4 N–H and O–H groups in total. The highest BCUT2D eigenvalue weighted by Crippen LogP contribution is 2.22. The number of hydrogen-bond donors (Lipinski definition) is 4. The molecule has 5 nitrogen and oxygen atoms in total. The number of carbonyl (C=O) groups excluding carboxylic acids is 1. The minimum absolute atomic E-state index is 0.0899. The van der Waals surface area contributed by atoms with E-state index in [9.17, 15) is 4.79 Å². The van der Waals surface area contributed by atoms with Gasteiger partial charge >= 0.3 is 6.03 Å². The van der Waals surface area contributed by atoms with Crippen LogP contribution < -0.4 is 16.2 Å². The summed E-state index contributed by atoms with van der Waals surface area (Å²) >= 11 is 6.06. The van der Waals surface area contributed by atoms with Gasteiger partial charge < -0.3 is 10.4 Å². The molecule has 0 saturated heterocycles. The molecule has 0 radical (unpaired) electrons. The number of nitrogens with one attached hydrogen (secondary N) is 3. The highest BCUT2D eigenvalue weighted by Gasteiger charge is 2.14. The van der Waals surface area contributed by atoms with Gasteiger partial charge in [-0.2, -0.15) is 0 Å². The number of amides is 2. The summed E-state index contributed by atoms with van der Waals surface area (Å²) in [5, 5.41) is 12.6. The SMILES string of the molecule is Cc1c(Cl)cccc1NNC(=O)NC(CCCO)c1ccccc1. The zero-order valence-corrected chi connectivity index (χ0v) is 14.3. The van der Waals surface area contributed by atoms with Gasteiger partial charge in [-0.15, -0.1) is 0 Å². The maximum atomic E-state index is 12.2. The third-order valence-electron chi connectivity index (χ3n) is 3.74. The Hall–Kier alpha value is -2.24. The van der Waals surface area contributed by atoms with E-state index in [2.05, 4.69) is 16.2 Å². The monoisotopic (exact) mass is 347 g/mol. The average Bonchev–Trinajstić information content (AvgIpc) is 2.60. The number of anilines is 1. The second-order valence-electron chi connectivity index (χ2n) is 5.46. The van der Waals surface area contributed by atoms with Crippen LogP contribution >= 0.6 is 11.6 Å². The predicted octanol–water partition coefficient (Wildman–Crippen LogP) is 3.79. The summed E-state index contributed by atoms with van der Waals surface area (Å²) in [7, 11) is 0. The summed E-state index contributed by atoms with van der Waals surface area (Å²) in [5.74, 6) is 0. The Bertz CT molecular complexity index is 665. The third kappa shape index (κ3) is 5.15. The van der Waals surface area contributed by atoms with Crippen molar-refractivity contribution in [3.05, 3.63) is 64.7 Å². The van der Waals surface area contributed by atoms with Crippen LogP contribution in [0.3, 0.4) is 0 Å². The maximum Gasteiger partial charge on any atom is 0.333 e. The first-order chi connectivity index (χ1) is 11.6. The van der Waals surface area contributed by atoms with E-state index in [4.69, 9.17) is 16.7 Å². The number of aliphatic hydroxyl groups is 1. The Balaban J connectivity index is 1.96. The lowest BCUT2D eigenvalue weighted by Gasteiger charge is -2.20. The van der Waals surface area contributed by atoms with Crippen LogP contribution in [0.4, 0.5) is 10.5 Å². The molecule has 0 saturated carbocycles. The summed E-state index contributed by atoms with van der Waals surface area (Å²) in [6.07, 6.45) is 1.27. The molecule has 0 aliphatic carbocycles. The van der Waals surface area contributed by atoms with E-state index in [-0.39, 0.29) is 18.7 Å². The molecule has 6 heteroatoms. The van der Waals surface area contributed by atoms with Gasteiger partial charge in [0.25, 0.3) is 0 Å². The van der Waals surface area contributed by atoms with Gasteiger partial charge in [0, 0.05) is 11.6 Å². The molecule has 2 amide bonds. The minimum atomic E-state index is -0.346. The molecule has 2 aromatic carbocycles. The maximum absolute atomic E-state index is 12.2. The van der Waals surface area contributed by atoms with Crippen LogP contribution in [-0.4, -0.2) is 17.7 Å². The van der Waals surface area contributed by atoms with Gasteiger partial charge in [-0.3, -0.25) is 10.9 Å². The first kappa shape index (κ1) is 18.1. The molecule has 0 aliphatic heterocycles. The fourth-order valence-electron chi connectivity index (χ4n) is 2.36. The average molecular weight is 348 g/mol. The third-order valence-corrected chi connectivity index (χ3v) is 4.15. The van der Waals surface area contributed by atoms with Crippen molar-refractivity contribution in [2.45, 2.75) is 25.8 Å². The van der Waals surface area contributed by atoms with Crippen molar-refractivity contribution < 1.29 is 9.90 Å². The van der Waals surface area contributed by atoms with E-state index in [0.717, 1.165) is 16.8 Å². The van der Waals surface area contributed by atoms with Crippen LogP contribution in [0.15, 0.2) is 48.5 Å². The van der Waals surface area contributed by atoms with Gasteiger partial charge in [-0.05, 0) is 43.0 Å². The lowest BCUT2D eigenvalue weighted by atomic mass is 10.0. The number of urea groups is 1. The molecule has 24 heavy (non-hydrogen) atoms. The first-order valence-electron chi connectivity index (χ1n) is 7.85. The minimum Gasteiger partial charge on any atom is -0.396 e. The predicted molar refractivity (Wildman–Crippen MR) is 97.0 cm³/mol. The molecule has 128 valence electrons. The second-order valence-corrected chi connectivity index (χ2v) is 5.87. The van der Waals surface area contributed by atoms with E-state index >= 15 is 0 Å². The van der Waals surface area contributed by atoms with Crippen molar-refractivity contribution >= 4 is 23.3 Å². The molecule has 0 aliphatic rings. The van der Waals surface area contributed by atoms with Crippen LogP contribution in [0.25, 0.3) is 0 Å². The number of carbonyl (C=O) groups is 1. The van der Waals surface area contributed by atoms with Gasteiger partial charge in [0.1, 0.15) is 0 Å². The van der Waals surface area contributed by atoms with Crippen molar-refractivity contribution in [2.24, 2.45) is 0 Å². The van der Waals surface area contributed by atoms with Crippen LogP contribution in [0, 0.1) is 6.92 Å². The fraction of sp³-hybridized carbons (Fsp3) is 0.278. The molecule has 1 atom stereocenters. The van der Waals surface area contributed by atoms with E-state index in [1.165, 1.54) is 0 Å². The first-order valence-corrected chi connectivity index (χ1v) is 8.23. The number of hydrogen-bond acceptors (Lipinski definition) is 3. The van der Waals surface area contributed by atoms with Crippen molar-refractivity contribution in [1.29, 1.82) is 0 Å². The van der Waals surface area contributed by atoms with Crippen LogP contribution in [0.2, 0.25) is 5.02 Å². The topological polar surface area (TPSA) is 73.4 Å². The Kier molecular flexibility index (Phi) is 6.90. The standard InChI is InChI=1S/C18H22ClN3O2/c1-13-15(19)9-5-10-16(13)21-22-18(24)20-17(11-6-12-23)14-7-3-2-4-8-14/h2-5,7-10,17,21,23H,6,11-12H2,1H3,(H2,20,22,24). The summed E-state index contributed by atoms with van der Waals surface area (Å²) in [6.45, 7) is 1.96. The number of halogens is 1. The largest absolute Gasteiger partial charge is 0.396 e. The Labute approximate surface area is 147 Å². The number of hydrazine groups is 1. The van der Waals surface area contributed by atoms with E-state index in [1.54, 1.807) is 6.07 Å². The lowest BCUT2D eigenvalue weighted by molar-refractivity contribution is 0.235. The van der Waals surface area contributed by atoms with Crippen LogP contribution in [0.5, 0.6) is 0 Å². The quantitative estimate of drug-likeness (QED) is 0.576. The Morgan fingerprint density at radius 3 is 2.62 bits per heavy atom. The van der Waals surface area contributed by atoms with Crippen molar-refractivity contribution in [1.82, 2.24) is 10.7 Å². The molecular formula is C18H22ClN3O2. The highest BCUT2D eigenvalue weighted by molar-refractivity contribution is 6.31. The number of benzene rings is 2. The lowest BCUT2D eigenvalue weighted by Crippen LogP contribution is -2.41.